The van der Waals surface area contributed by atoms with Crippen LogP contribution in [0.15, 0.2) is 12.5 Å². The van der Waals surface area contributed by atoms with Crippen molar-refractivity contribution in [2.75, 3.05) is 12.3 Å². The van der Waals surface area contributed by atoms with Crippen molar-refractivity contribution in [2.24, 2.45) is 5.73 Å². The molecule has 0 saturated carbocycles. The Balaban J connectivity index is 1.86. The Labute approximate surface area is 189 Å². The maximum absolute atomic E-state index is 12.0. The molecular formula is C12H18N7O12P3. The van der Waals surface area contributed by atoms with E-state index in [1.165, 1.54) is 6.92 Å². The fraction of sp³-hybridized carbons (Fsp3) is 0.500. The third-order valence-corrected chi connectivity index (χ3v) is 8.52. The minimum atomic E-state index is -5.76. The topological polar surface area (TPSA) is 308 Å². The fourth-order valence-electron chi connectivity index (χ4n) is 3.22. The highest BCUT2D eigenvalue weighted by Gasteiger charge is 2.64. The Bertz CT molecular complexity index is 1290. The molecule has 0 bridgehead atoms. The van der Waals surface area contributed by atoms with Crippen LogP contribution in [0.1, 0.15) is 12.6 Å². The van der Waals surface area contributed by atoms with Crippen molar-refractivity contribution < 1.29 is 56.3 Å². The first kappa shape index (κ1) is 26.7. The van der Waals surface area contributed by atoms with E-state index in [9.17, 15) is 33.9 Å². The van der Waals surface area contributed by atoms with Crippen molar-refractivity contribution >= 4 is 34.9 Å². The molecule has 1 fully saturated rings. The largest absolute Gasteiger partial charge is 0.490 e. The molecule has 188 valence electrons. The summed E-state index contributed by atoms with van der Waals surface area (Å²) >= 11 is 0. The lowest BCUT2D eigenvalue weighted by molar-refractivity contribution is -0.0551. The Morgan fingerprint density at radius 3 is 2.47 bits per heavy atom. The summed E-state index contributed by atoms with van der Waals surface area (Å²) in [6, 6.07) is 1.82. The third-order valence-electron chi connectivity index (χ3n) is 4.72. The molecule has 0 amide bonds. The van der Waals surface area contributed by atoms with Gasteiger partial charge in [0.2, 0.25) is 5.60 Å². The van der Waals surface area contributed by atoms with Crippen molar-refractivity contribution in [1.82, 2.24) is 19.6 Å². The maximum atomic E-state index is 12.0. The van der Waals surface area contributed by atoms with E-state index >= 15 is 0 Å². The molecule has 0 radical (unpaired) electrons. The number of aromatic nitrogens is 4. The van der Waals surface area contributed by atoms with Gasteiger partial charge in [-0.1, -0.05) is 0 Å². The quantitative estimate of drug-likeness (QED) is 0.181. The second kappa shape index (κ2) is 8.66. The molecule has 19 nitrogen and oxygen atoms in total. The Morgan fingerprint density at radius 1 is 1.24 bits per heavy atom. The van der Waals surface area contributed by atoms with Gasteiger partial charge in [-0.25, -0.2) is 28.2 Å². The number of nitrogen functional groups attached to an aromatic ring is 1. The number of hydrogen-bond donors (Lipinski definition) is 7. The van der Waals surface area contributed by atoms with Gasteiger partial charge in [0.25, 0.3) is 0 Å². The summed E-state index contributed by atoms with van der Waals surface area (Å²) in [5.74, 6) is -0.0455. The molecule has 3 heterocycles. The van der Waals surface area contributed by atoms with Crippen molar-refractivity contribution in [2.45, 2.75) is 30.3 Å². The number of hydrogen-bond acceptors (Lipinski definition) is 14. The molecule has 9 N–H and O–H groups in total. The van der Waals surface area contributed by atoms with Crippen LogP contribution in [0.2, 0.25) is 0 Å². The number of anilines is 1. The van der Waals surface area contributed by atoms with Gasteiger partial charge in [-0.15, -0.1) is 0 Å². The molecule has 0 aromatic carbocycles. The summed E-state index contributed by atoms with van der Waals surface area (Å²) in [6.45, 7) is 0.185. The predicted molar refractivity (Wildman–Crippen MR) is 106 cm³/mol. The van der Waals surface area contributed by atoms with Crippen molar-refractivity contribution in [3.8, 4) is 6.07 Å². The van der Waals surface area contributed by atoms with Gasteiger partial charge in [0.15, 0.2) is 11.5 Å². The zero-order chi connectivity index (χ0) is 25.7. The highest BCUT2D eigenvalue weighted by molar-refractivity contribution is 7.66. The molecule has 3 unspecified atom stereocenters. The zero-order valence-electron chi connectivity index (χ0n) is 16.8. The van der Waals surface area contributed by atoms with Gasteiger partial charge in [0.05, 0.1) is 18.3 Å². The van der Waals surface area contributed by atoms with Crippen molar-refractivity contribution in [3.63, 3.8) is 0 Å². The molecule has 1 saturated heterocycles. The SMILES string of the molecule is CC1(N)[C@H](O)[C@@H](COP(=O)(O)OP(=O)(O)OP(=O)(O)O)O[C@@]1(C#N)c1cnc2c(N)ncnn12. The third kappa shape index (κ3) is 4.91. The van der Waals surface area contributed by atoms with Crippen molar-refractivity contribution in [1.29, 1.82) is 5.26 Å². The minimum absolute atomic E-state index is 0.0396. The van der Waals surface area contributed by atoms with Gasteiger partial charge < -0.3 is 40.9 Å². The molecule has 2 aromatic heterocycles. The van der Waals surface area contributed by atoms with Crippen LogP contribution in [0.25, 0.3) is 5.65 Å². The molecule has 22 heteroatoms. The molecule has 1 aliphatic heterocycles. The van der Waals surface area contributed by atoms with Crippen LogP contribution in [0.4, 0.5) is 5.82 Å². The number of nitriles is 1. The smallest absolute Gasteiger partial charge is 0.388 e. The van der Waals surface area contributed by atoms with Crippen LogP contribution >= 0.6 is 23.5 Å². The van der Waals surface area contributed by atoms with Gasteiger partial charge in [-0.05, 0) is 6.92 Å². The molecule has 0 spiro atoms. The van der Waals surface area contributed by atoms with Crippen LogP contribution < -0.4 is 11.5 Å². The number of nitrogens with two attached hydrogens (primary N) is 2. The molecular weight excluding hydrogens is 527 g/mol. The first-order chi connectivity index (χ1) is 15.4. The summed E-state index contributed by atoms with van der Waals surface area (Å²) in [7, 11) is -16.9. The van der Waals surface area contributed by atoms with Crippen LogP contribution in [-0.4, -0.2) is 68.6 Å². The second-order valence-corrected chi connectivity index (χ2v) is 11.5. The van der Waals surface area contributed by atoms with Gasteiger partial charge in [0.1, 0.15) is 30.3 Å². The zero-order valence-corrected chi connectivity index (χ0v) is 19.5. The Kier molecular flexibility index (Phi) is 6.81. The number of nitrogens with zero attached hydrogens (tertiary/aromatic N) is 5. The number of fused-ring (bicyclic) bond motifs is 1. The normalized spacial score (nSPS) is 31.1. The van der Waals surface area contributed by atoms with E-state index in [1.807, 2.05) is 6.07 Å². The Hall–Kier alpha value is -1.87. The van der Waals surface area contributed by atoms with E-state index in [2.05, 4.69) is 28.2 Å². The number of aliphatic hydroxyl groups excluding tert-OH is 1. The summed E-state index contributed by atoms with van der Waals surface area (Å²) < 4.78 is 52.5. The monoisotopic (exact) mass is 545 g/mol. The molecule has 2 aromatic rings. The van der Waals surface area contributed by atoms with E-state index in [0.29, 0.717) is 0 Å². The lowest BCUT2D eigenvalue weighted by Gasteiger charge is -2.33. The molecule has 6 atom stereocenters. The summed E-state index contributed by atoms with van der Waals surface area (Å²) in [6.07, 6.45) is -1.15. The summed E-state index contributed by atoms with van der Waals surface area (Å²) in [4.78, 5) is 43.7. The number of aliphatic hydroxyl groups is 1. The predicted octanol–water partition coefficient (Wildman–Crippen LogP) is -1.75. The standard InChI is InChI=1S/C12H18N7O12P3/c1-11(15)8(20)6(3-28-33(24,25)31-34(26,27)30-32(21,22)23)29-12(11,4-13)7-2-16-10-9(14)17-5-18-19(7)10/h2,5-6,8,20H,3,15H2,1H3,(H,24,25)(H,26,27)(H2,14,17,18)(H2,21,22,23)/t6-,8-,11?,12+/m1/s1. The van der Waals surface area contributed by atoms with Gasteiger partial charge in [0, 0.05) is 0 Å². The van der Waals surface area contributed by atoms with Gasteiger partial charge in [-0.2, -0.15) is 19.0 Å². The van der Waals surface area contributed by atoms with E-state index in [-0.39, 0.29) is 17.2 Å². The summed E-state index contributed by atoms with van der Waals surface area (Å²) in [5, 5.41) is 24.6. The molecule has 1 aliphatic rings. The lowest BCUT2D eigenvalue weighted by atomic mass is 9.78. The fourth-order valence-corrected chi connectivity index (χ4v) is 6.25. The Morgan fingerprint density at radius 2 is 1.88 bits per heavy atom. The van der Waals surface area contributed by atoms with E-state index < -0.39 is 53.4 Å². The van der Waals surface area contributed by atoms with Gasteiger partial charge in [-0.3, -0.25) is 4.52 Å². The minimum Gasteiger partial charge on any atom is -0.388 e. The lowest BCUT2D eigenvalue weighted by Crippen LogP contribution is -2.59. The van der Waals surface area contributed by atoms with Crippen LogP contribution in [0, 0.1) is 11.3 Å². The number of phosphoric acid groups is 3. The molecule has 0 aliphatic carbocycles. The van der Waals surface area contributed by atoms with E-state index in [4.69, 9.17) is 26.0 Å². The number of phosphoric ester groups is 1. The van der Waals surface area contributed by atoms with Crippen LogP contribution in [-0.2, 0) is 37.2 Å². The van der Waals surface area contributed by atoms with Crippen molar-refractivity contribution in [3.05, 3.63) is 18.2 Å². The maximum Gasteiger partial charge on any atom is 0.490 e. The first-order valence-corrected chi connectivity index (χ1v) is 13.3. The average molecular weight is 545 g/mol. The number of ether oxygens (including phenoxy) is 1. The van der Waals surface area contributed by atoms with E-state index in [1.54, 1.807) is 0 Å². The van der Waals surface area contributed by atoms with Gasteiger partial charge >= 0.3 is 23.5 Å². The highest BCUT2D eigenvalue weighted by Crippen LogP contribution is 2.66. The van der Waals surface area contributed by atoms with E-state index in [0.717, 1.165) is 17.0 Å². The molecule has 34 heavy (non-hydrogen) atoms. The number of rotatable bonds is 8. The average Bonchev–Trinajstić information content (AvgIpc) is 3.17. The van der Waals surface area contributed by atoms with Crippen LogP contribution in [0.3, 0.4) is 0 Å². The second-order valence-electron chi connectivity index (χ2n) is 7.09. The first-order valence-electron chi connectivity index (χ1n) is 8.74. The van der Waals surface area contributed by atoms with Crippen LogP contribution in [0.5, 0.6) is 0 Å². The highest BCUT2D eigenvalue weighted by atomic mass is 31.3. The molecule has 3 rings (SSSR count). The number of imidazole rings is 1. The summed E-state index contributed by atoms with van der Waals surface area (Å²) in [5.41, 5.74) is 7.81.